The lowest BCUT2D eigenvalue weighted by molar-refractivity contribution is 0.246. The minimum Gasteiger partial charge on any atom is -0.398 e. The average Bonchev–Trinajstić information content (AvgIpc) is 3.26. The molecule has 1 aliphatic carbocycles. The Labute approximate surface area is 114 Å². The molecule has 1 saturated carbocycles. The molecule has 1 heterocycles. The Hall–Kier alpha value is -1.87. The number of pyridine rings is 1. The van der Waals surface area contributed by atoms with Gasteiger partial charge in [0.05, 0.1) is 0 Å². The number of para-hydroxylation sites is 1. The summed E-state index contributed by atoms with van der Waals surface area (Å²) in [5.74, 6) is 0. The highest BCUT2D eigenvalue weighted by molar-refractivity contribution is 5.46. The van der Waals surface area contributed by atoms with Gasteiger partial charge in [0.1, 0.15) is 0 Å². The predicted molar refractivity (Wildman–Crippen MR) is 77.4 cm³/mol. The Morgan fingerprint density at radius 2 is 1.79 bits per heavy atom. The number of hydrogen-bond donors (Lipinski definition) is 1. The SMILES string of the molecule is Nc1ccccc1CN(Cc1ccncc1)C1CC1. The quantitative estimate of drug-likeness (QED) is 0.833. The first-order valence-corrected chi connectivity index (χ1v) is 6.79. The number of anilines is 1. The molecule has 0 amide bonds. The average molecular weight is 253 g/mol. The molecule has 1 fully saturated rings. The van der Waals surface area contributed by atoms with Crippen LogP contribution in [0.25, 0.3) is 0 Å². The maximum absolute atomic E-state index is 6.05. The van der Waals surface area contributed by atoms with Gasteiger partial charge in [-0.05, 0) is 42.2 Å². The summed E-state index contributed by atoms with van der Waals surface area (Å²) in [4.78, 5) is 6.59. The van der Waals surface area contributed by atoms with Crippen LogP contribution < -0.4 is 5.73 Å². The van der Waals surface area contributed by atoms with E-state index in [4.69, 9.17) is 5.73 Å². The van der Waals surface area contributed by atoms with Crippen LogP contribution in [0.2, 0.25) is 0 Å². The van der Waals surface area contributed by atoms with Crippen molar-refractivity contribution < 1.29 is 0 Å². The molecular weight excluding hydrogens is 234 g/mol. The molecular formula is C16H19N3. The fraction of sp³-hybridized carbons (Fsp3) is 0.312. The van der Waals surface area contributed by atoms with Gasteiger partial charge in [0.25, 0.3) is 0 Å². The highest BCUT2D eigenvalue weighted by Gasteiger charge is 2.29. The van der Waals surface area contributed by atoms with Crippen LogP contribution in [0.5, 0.6) is 0 Å². The monoisotopic (exact) mass is 253 g/mol. The maximum Gasteiger partial charge on any atom is 0.0359 e. The van der Waals surface area contributed by atoms with Gasteiger partial charge in [-0.15, -0.1) is 0 Å². The predicted octanol–water partition coefficient (Wildman–Crippen LogP) is 2.83. The van der Waals surface area contributed by atoms with Gasteiger partial charge in [0.2, 0.25) is 0 Å². The van der Waals surface area contributed by atoms with E-state index in [2.05, 4.69) is 34.1 Å². The van der Waals surface area contributed by atoms with Crippen molar-refractivity contribution in [2.75, 3.05) is 5.73 Å². The summed E-state index contributed by atoms with van der Waals surface area (Å²) in [7, 11) is 0. The lowest BCUT2D eigenvalue weighted by Crippen LogP contribution is -2.25. The van der Waals surface area contributed by atoms with Gasteiger partial charge in [0.15, 0.2) is 0 Å². The molecule has 0 spiro atoms. The standard InChI is InChI=1S/C16H19N3/c17-16-4-2-1-3-14(16)12-19(15-5-6-15)11-13-7-9-18-10-8-13/h1-4,7-10,15H,5-6,11-12,17H2. The molecule has 1 aliphatic rings. The van der Waals surface area contributed by atoms with Crippen LogP contribution in [0.1, 0.15) is 24.0 Å². The second kappa shape index (κ2) is 5.41. The first-order chi connectivity index (χ1) is 9.33. The van der Waals surface area contributed by atoms with Crippen molar-refractivity contribution in [3.63, 3.8) is 0 Å². The zero-order valence-electron chi connectivity index (χ0n) is 11.0. The Morgan fingerprint density at radius 1 is 1.05 bits per heavy atom. The number of aromatic nitrogens is 1. The molecule has 1 aromatic carbocycles. The van der Waals surface area contributed by atoms with Crippen LogP contribution in [-0.2, 0) is 13.1 Å². The lowest BCUT2D eigenvalue weighted by Gasteiger charge is -2.22. The van der Waals surface area contributed by atoms with E-state index < -0.39 is 0 Å². The van der Waals surface area contributed by atoms with Gasteiger partial charge in [0, 0.05) is 37.2 Å². The number of hydrogen-bond acceptors (Lipinski definition) is 3. The summed E-state index contributed by atoms with van der Waals surface area (Å²) in [5.41, 5.74) is 9.48. The molecule has 0 radical (unpaired) electrons. The minimum atomic E-state index is 0.716. The topological polar surface area (TPSA) is 42.1 Å². The number of nitrogens with two attached hydrogens (primary N) is 1. The minimum absolute atomic E-state index is 0.716. The summed E-state index contributed by atoms with van der Waals surface area (Å²) in [6.45, 7) is 1.90. The molecule has 2 N–H and O–H groups in total. The Balaban J connectivity index is 1.73. The molecule has 19 heavy (non-hydrogen) atoms. The van der Waals surface area contributed by atoms with E-state index in [1.165, 1.54) is 24.0 Å². The molecule has 3 nitrogen and oxygen atoms in total. The van der Waals surface area contributed by atoms with Crippen LogP contribution in [0.15, 0.2) is 48.8 Å². The second-order valence-corrected chi connectivity index (χ2v) is 5.19. The van der Waals surface area contributed by atoms with E-state index in [9.17, 15) is 0 Å². The number of nitrogens with zero attached hydrogens (tertiary/aromatic N) is 2. The number of rotatable bonds is 5. The van der Waals surface area contributed by atoms with E-state index in [0.29, 0.717) is 6.04 Å². The van der Waals surface area contributed by atoms with Gasteiger partial charge in [-0.1, -0.05) is 18.2 Å². The van der Waals surface area contributed by atoms with Crippen molar-refractivity contribution in [2.45, 2.75) is 32.0 Å². The van der Waals surface area contributed by atoms with Gasteiger partial charge in [-0.25, -0.2) is 0 Å². The summed E-state index contributed by atoms with van der Waals surface area (Å²) >= 11 is 0. The van der Waals surface area contributed by atoms with Crippen LogP contribution >= 0.6 is 0 Å². The molecule has 0 unspecified atom stereocenters. The third-order valence-corrected chi connectivity index (χ3v) is 3.63. The van der Waals surface area contributed by atoms with Crippen molar-refractivity contribution in [1.82, 2.24) is 9.88 Å². The van der Waals surface area contributed by atoms with Gasteiger partial charge >= 0.3 is 0 Å². The summed E-state index contributed by atoms with van der Waals surface area (Å²) in [5, 5.41) is 0. The van der Waals surface area contributed by atoms with E-state index in [-0.39, 0.29) is 0 Å². The van der Waals surface area contributed by atoms with Crippen molar-refractivity contribution in [3.8, 4) is 0 Å². The maximum atomic E-state index is 6.05. The van der Waals surface area contributed by atoms with Crippen LogP contribution in [0.4, 0.5) is 5.69 Å². The van der Waals surface area contributed by atoms with Crippen LogP contribution in [0.3, 0.4) is 0 Å². The third-order valence-electron chi connectivity index (χ3n) is 3.63. The van der Waals surface area contributed by atoms with Crippen molar-refractivity contribution >= 4 is 5.69 Å². The Morgan fingerprint density at radius 3 is 2.47 bits per heavy atom. The van der Waals surface area contributed by atoms with E-state index >= 15 is 0 Å². The van der Waals surface area contributed by atoms with Gasteiger partial charge in [-0.2, -0.15) is 0 Å². The zero-order chi connectivity index (χ0) is 13.1. The molecule has 1 aromatic heterocycles. The largest absolute Gasteiger partial charge is 0.398 e. The second-order valence-electron chi connectivity index (χ2n) is 5.19. The first kappa shape index (κ1) is 12.2. The summed E-state index contributed by atoms with van der Waals surface area (Å²) < 4.78 is 0. The van der Waals surface area contributed by atoms with Gasteiger partial charge in [-0.3, -0.25) is 9.88 Å². The number of nitrogen functional groups attached to an aromatic ring is 1. The van der Waals surface area contributed by atoms with E-state index in [0.717, 1.165) is 18.8 Å². The molecule has 0 bridgehead atoms. The molecule has 0 atom stereocenters. The van der Waals surface area contributed by atoms with E-state index in [1.54, 1.807) is 0 Å². The van der Waals surface area contributed by atoms with Crippen molar-refractivity contribution in [2.24, 2.45) is 0 Å². The Bertz CT molecular complexity index is 535. The molecule has 0 aliphatic heterocycles. The molecule has 0 saturated heterocycles. The summed E-state index contributed by atoms with van der Waals surface area (Å²) in [6, 6.07) is 13.0. The fourth-order valence-electron chi connectivity index (χ4n) is 2.37. The molecule has 3 rings (SSSR count). The van der Waals surface area contributed by atoms with E-state index in [1.807, 2.05) is 24.5 Å². The third kappa shape index (κ3) is 3.12. The smallest absolute Gasteiger partial charge is 0.0359 e. The van der Waals surface area contributed by atoms with Crippen LogP contribution in [0, 0.1) is 0 Å². The number of benzene rings is 1. The lowest BCUT2D eigenvalue weighted by atomic mass is 10.1. The van der Waals surface area contributed by atoms with Gasteiger partial charge < -0.3 is 5.73 Å². The van der Waals surface area contributed by atoms with Crippen molar-refractivity contribution in [3.05, 3.63) is 59.9 Å². The first-order valence-electron chi connectivity index (χ1n) is 6.79. The van der Waals surface area contributed by atoms with Crippen molar-refractivity contribution in [1.29, 1.82) is 0 Å². The fourth-order valence-corrected chi connectivity index (χ4v) is 2.37. The normalized spacial score (nSPS) is 14.8. The molecule has 3 heteroatoms. The highest BCUT2D eigenvalue weighted by atomic mass is 15.2. The summed E-state index contributed by atoms with van der Waals surface area (Å²) in [6.07, 6.45) is 6.32. The van der Waals surface area contributed by atoms with Crippen LogP contribution in [-0.4, -0.2) is 15.9 Å². The Kier molecular flexibility index (Phi) is 3.47. The highest BCUT2D eigenvalue weighted by Crippen LogP contribution is 2.30. The molecule has 2 aromatic rings. The molecule has 98 valence electrons. The zero-order valence-corrected chi connectivity index (χ0v) is 11.0.